The van der Waals surface area contributed by atoms with Crippen molar-refractivity contribution in [3.8, 4) is 34.4 Å². The van der Waals surface area contributed by atoms with Gasteiger partial charge in [-0.05, 0) is 92.7 Å². The fraction of sp³-hybridized carbons (Fsp3) is 0.368. The van der Waals surface area contributed by atoms with Crippen LogP contribution in [0.3, 0.4) is 0 Å². The lowest BCUT2D eigenvalue weighted by Crippen LogP contribution is -2.28. The van der Waals surface area contributed by atoms with Crippen LogP contribution in [0.5, 0.6) is 17.2 Å². The summed E-state index contributed by atoms with van der Waals surface area (Å²) in [5.41, 5.74) is 7.43. The number of pyridine rings is 1. The molecule has 254 valence electrons. The van der Waals surface area contributed by atoms with Gasteiger partial charge in [0.2, 0.25) is 0 Å². The highest BCUT2D eigenvalue weighted by atomic mass is 35.5. The van der Waals surface area contributed by atoms with Crippen molar-refractivity contribution in [3.05, 3.63) is 105 Å². The van der Waals surface area contributed by atoms with E-state index in [4.69, 9.17) is 30.9 Å². The second-order valence-electron chi connectivity index (χ2n) is 11.7. The van der Waals surface area contributed by atoms with Crippen molar-refractivity contribution < 1.29 is 24.4 Å². The molecule has 4 N–H and O–H groups in total. The molecule has 0 aliphatic rings. The number of hydrogen-bond acceptors (Lipinski definition) is 9. The predicted molar refractivity (Wildman–Crippen MR) is 188 cm³/mol. The van der Waals surface area contributed by atoms with Crippen molar-refractivity contribution in [1.82, 2.24) is 15.6 Å². The molecule has 0 bridgehead atoms. The molecule has 4 aromatic rings. The number of nitriles is 1. The third kappa shape index (κ3) is 10.4. The smallest absolute Gasteiger partial charge is 0.142 e. The highest BCUT2D eigenvalue weighted by Crippen LogP contribution is 2.36. The van der Waals surface area contributed by atoms with Crippen LogP contribution in [0.25, 0.3) is 11.1 Å². The molecule has 1 unspecified atom stereocenters. The number of rotatable bonds is 19. The van der Waals surface area contributed by atoms with Crippen molar-refractivity contribution in [2.45, 2.75) is 59.4 Å². The van der Waals surface area contributed by atoms with Crippen molar-refractivity contribution in [3.63, 3.8) is 0 Å². The summed E-state index contributed by atoms with van der Waals surface area (Å²) >= 11 is 6.73. The maximum absolute atomic E-state index is 9.49. The van der Waals surface area contributed by atoms with Gasteiger partial charge in [-0.15, -0.1) is 0 Å². The molecule has 10 heteroatoms. The molecule has 1 heterocycles. The van der Waals surface area contributed by atoms with E-state index in [0.29, 0.717) is 41.8 Å². The minimum Gasteiger partial charge on any atom is -0.493 e. The van der Waals surface area contributed by atoms with E-state index >= 15 is 0 Å². The standard InChI is InChI=1S/C38H45ClN4O5/c1-26(23-45)43-22-32-17-35(39)38(18-37(32)47-24-30-16-29(19-40)20-42-21-30)48-25-31-8-4-9-33(27(31)2)34-10-5-11-36(28(34)3)46-15-7-13-41-12-6-14-44/h4-5,8-11,16-18,20-21,26,41,43-45H,6-7,12-15,22-25H2,1-3H3. The number of benzene rings is 3. The lowest BCUT2D eigenvalue weighted by Gasteiger charge is -2.19. The van der Waals surface area contributed by atoms with Crippen LogP contribution in [-0.2, 0) is 19.8 Å². The van der Waals surface area contributed by atoms with Gasteiger partial charge in [-0.1, -0.05) is 41.9 Å². The maximum Gasteiger partial charge on any atom is 0.142 e. The lowest BCUT2D eigenvalue weighted by atomic mass is 9.93. The van der Waals surface area contributed by atoms with Gasteiger partial charge in [-0.2, -0.15) is 5.26 Å². The molecule has 9 nitrogen and oxygen atoms in total. The molecule has 1 aromatic heterocycles. The van der Waals surface area contributed by atoms with E-state index in [1.165, 1.54) is 6.20 Å². The van der Waals surface area contributed by atoms with Gasteiger partial charge in [0.25, 0.3) is 0 Å². The summed E-state index contributed by atoms with van der Waals surface area (Å²) in [5, 5.41) is 34.7. The van der Waals surface area contributed by atoms with E-state index in [2.05, 4.69) is 47.7 Å². The monoisotopic (exact) mass is 672 g/mol. The highest BCUT2D eigenvalue weighted by Gasteiger charge is 2.16. The van der Waals surface area contributed by atoms with Crippen LogP contribution >= 0.6 is 11.6 Å². The molecule has 1 atom stereocenters. The van der Waals surface area contributed by atoms with Crippen LogP contribution in [0.2, 0.25) is 5.02 Å². The summed E-state index contributed by atoms with van der Waals surface area (Å²) in [6, 6.07) is 19.7. The van der Waals surface area contributed by atoms with Crippen molar-refractivity contribution in [2.24, 2.45) is 0 Å². The average molecular weight is 673 g/mol. The van der Waals surface area contributed by atoms with Crippen LogP contribution in [0.15, 0.2) is 67.0 Å². The van der Waals surface area contributed by atoms with Crippen molar-refractivity contribution in [2.75, 3.05) is 32.9 Å². The summed E-state index contributed by atoms with van der Waals surface area (Å²) in [6.07, 6.45) is 4.80. The highest BCUT2D eigenvalue weighted by molar-refractivity contribution is 6.32. The fourth-order valence-electron chi connectivity index (χ4n) is 5.15. The molecule has 0 aliphatic heterocycles. The quantitative estimate of drug-likeness (QED) is 0.0853. The summed E-state index contributed by atoms with van der Waals surface area (Å²) < 4.78 is 18.6. The first-order chi connectivity index (χ1) is 23.3. The zero-order chi connectivity index (χ0) is 34.3. The van der Waals surface area contributed by atoms with Crippen LogP contribution in [-0.4, -0.2) is 54.1 Å². The normalized spacial score (nSPS) is 11.6. The first-order valence-electron chi connectivity index (χ1n) is 16.2. The Bertz CT molecular complexity index is 1680. The van der Waals surface area contributed by atoms with Gasteiger partial charge in [0.1, 0.15) is 36.5 Å². The van der Waals surface area contributed by atoms with Crippen LogP contribution in [0.4, 0.5) is 0 Å². The fourth-order valence-corrected chi connectivity index (χ4v) is 5.40. The molecule has 0 amide bonds. The molecular formula is C38H45ClN4O5. The Morgan fingerprint density at radius 1 is 0.854 bits per heavy atom. The molecule has 0 saturated heterocycles. The predicted octanol–water partition coefficient (Wildman–Crippen LogP) is 6.26. The van der Waals surface area contributed by atoms with E-state index in [9.17, 15) is 10.4 Å². The van der Waals surface area contributed by atoms with Crippen LogP contribution in [0, 0.1) is 25.2 Å². The first kappa shape index (κ1) is 36.7. The van der Waals surface area contributed by atoms with Gasteiger partial charge in [-0.3, -0.25) is 4.98 Å². The largest absolute Gasteiger partial charge is 0.493 e. The van der Waals surface area contributed by atoms with Crippen LogP contribution < -0.4 is 24.8 Å². The molecule has 0 fully saturated rings. The van der Waals surface area contributed by atoms with E-state index in [1.807, 2.05) is 37.3 Å². The number of ether oxygens (including phenoxy) is 3. The molecule has 48 heavy (non-hydrogen) atoms. The number of halogens is 1. The number of aromatic nitrogens is 1. The molecular weight excluding hydrogens is 628 g/mol. The molecule has 0 aliphatic carbocycles. The second-order valence-corrected chi connectivity index (χ2v) is 12.1. The van der Waals surface area contributed by atoms with Crippen molar-refractivity contribution >= 4 is 11.6 Å². The summed E-state index contributed by atoms with van der Waals surface area (Å²) in [7, 11) is 0. The number of aliphatic hydroxyl groups excluding tert-OH is 2. The Morgan fingerprint density at radius 2 is 1.60 bits per heavy atom. The van der Waals surface area contributed by atoms with Gasteiger partial charge >= 0.3 is 0 Å². The Kier molecular flexibility index (Phi) is 14.5. The van der Waals surface area contributed by atoms with E-state index in [1.54, 1.807) is 18.3 Å². The van der Waals surface area contributed by atoms with E-state index < -0.39 is 0 Å². The summed E-state index contributed by atoms with van der Waals surface area (Å²) in [6.45, 7) is 9.44. The first-order valence-corrected chi connectivity index (χ1v) is 16.6. The Balaban J connectivity index is 1.49. The minimum absolute atomic E-state index is 0.00253. The van der Waals surface area contributed by atoms with Gasteiger partial charge in [-0.25, -0.2) is 0 Å². The van der Waals surface area contributed by atoms with Gasteiger partial charge in [0, 0.05) is 48.8 Å². The third-order valence-corrected chi connectivity index (χ3v) is 8.31. The topological polar surface area (TPSA) is 129 Å². The maximum atomic E-state index is 9.49. The minimum atomic E-state index is -0.111. The SMILES string of the molecule is Cc1c(COc2cc(OCc3cncc(C#N)c3)c(CNC(C)CO)cc2Cl)cccc1-c1cccc(OCCCNCCCO)c1C. The molecule has 0 spiro atoms. The third-order valence-electron chi connectivity index (χ3n) is 8.02. The Morgan fingerprint density at radius 3 is 2.38 bits per heavy atom. The number of nitrogens with zero attached hydrogens (tertiary/aromatic N) is 2. The lowest BCUT2D eigenvalue weighted by molar-refractivity contribution is 0.249. The summed E-state index contributed by atoms with van der Waals surface area (Å²) in [4.78, 5) is 4.13. The average Bonchev–Trinajstić information content (AvgIpc) is 3.10. The zero-order valence-corrected chi connectivity index (χ0v) is 28.6. The number of aliphatic hydroxyl groups is 2. The molecule has 3 aromatic carbocycles. The van der Waals surface area contributed by atoms with Crippen LogP contribution in [0.1, 0.15) is 53.1 Å². The second kappa shape index (κ2) is 19.0. The molecule has 4 rings (SSSR count). The summed E-state index contributed by atoms with van der Waals surface area (Å²) in [5.74, 6) is 1.92. The molecule has 0 saturated carbocycles. The van der Waals surface area contributed by atoms with E-state index in [0.717, 1.165) is 70.6 Å². The van der Waals surface area contributed by atoms with Crippen molar-refractivity contribution in [1.29, 1.82) is 5.26 Å². The van der Waals surface area contributed by atoms with E-state index in [-0.39, 0.29) is 25.9 Å². The number of hydrogen-bond donors (Lipinski definition) is 4. The molecule has 0 radical (unpaired) electrons. The van der Waals surface area contributed by atoms with Gasteiger partial charge in [0.05, 0.1) is 23.8 Å². The zero-order valence-electron chi connectivity index (χ0n) is 27.9. The van der Waals surface area contributed by atoms with Gasteiger partial charge in [0.15, 0.2) is 0 Å². The Hall–Kier alpha value is -4.17. The Labute approximate surface area is 288 Å². The van der Waals surface area contributed by atoms with Gasteiger partial charge < -0.3 is 35.1 Å². The number of nitrogens with one attached hydrogen (secondary N) is 2.